The van der Waals surface area contributed by atoms with Crippen molar-refractivity contribution in [3.63, 3.8) is 0 Å². The van der Waals surface area contributed by atoms with Crippen LogP contribution >= 0.6 is 0 Å². The fourth-order valence-corrected chi connectivity index (χ4v) is 8.80. The van der Waals surface area contributed by atoms with Crippen molar-refractivity contribution in [2.45, 2.75) is 247 Å². The van der Waals surface area contributed by atoms with Gasteiger partial charge in [-0.15, -0.1) is 0 Å². The second kappa shape index (κ2) is 37.5. The van der Waals surface area contributed by atoms with E-state index in [9.17, 15) is 9.59 Å². The molecule has 1 fully saturated rings. The van der Waals surface area contributed by atoms with E-state index in [1.54, 1.807) is 0 Å². The van der Waals surface area contributed by atoms with Gasteiger partial charge in [0.2, 0.25) is 0 Å². The van der Waals surface area contributed by atoms with Gasteiger partial charge in [0, 0.05) is 13.1 Å². The van der Waals surface area contributed by atoms with Gasteiger partial charge in [0.15, 0.2) is 0 Å². The summed E-state index contributed by atoms with van der Waals surface area (Å²) < 4.78 is 11.9. The molecule has 320 valence electrons. The second-order valence-electron chi connectivity index (χ2n) is 17.6. The van der Waals surface area contributed by atoms with Crippen molar-refractivity contribution in [3.8, 4) is 0 Å². The van der Waals surface area contributed by atoms with Gasteiger partial charge in [-0.25, -0.2) is 0 Å². The van der Waals surface area contributed by atoms with Crippen LogP contribution in [0.3, 0.4) is 0 Å². The molecule has 0 saturated carbocycles. The summed E-state index contributed by atoms with van der Waals surface area (Å²) in [6.07, 6.45) is 39.8. The molecular weight excluding hydrogens is 667 g/mol. The summed E-state index contributed by atoms with van der Waals surface area (Å²) in [6, 6.07) is 0. The maximum atomic E-state index is 13.1. The average Bonchev–Trinajstić information content (AvgIpc) is 3.17. The summed E-state index contributed by atoms with van der Waals surface area (Å²) in [5.74, 6) is 1.84. The van der Waals surface area contributed by atoms with E-state index in [1.807, 2.05) is 0 Å². The highest BCUT2D eigenvalue weighted by Crippen LogP contribution is 2.30. The molecule has 0 aromatic carbocycles. The van der Waals surface area contributed by atoms with E-state index < -0.39 is 0 Å². The van der Waals surface area contributed by atoms with Gasteiger partial charge < -0.3 is 14.4 Å². The molecule has 1 saturated heterocycles. The number of hydrogen-bond acceptors (Lipinski definition) is 5. The monoisotopic (exact) mass is 762 g/mol. The van der Waals surface area contributed by atoms with E-state index in [1.165, 1.54) is 167 Å². The van der Waals surface area contributed by atoms with E-state index in [4.69, 9.17) is 9.47 Å². The lowest BCUT2D eigenvalue weighted by Gasteiger charge is -2.38. The Labute approximate surface area is 338 Å². The van der Waals surface area contributed by atoms with Crippen LogP contribution in [0.5, 0.6) is 0 Å². The van der Waals surface area contributed by atoms with E-state index in [0.29, 0.717) is 13.2 Å². The Balaban J connectivity index is 2.46. The number of esters is 2. The zero-order chi connectivity index (χ0) is 39.3. The first-order chi connectivity index (χ1) is 26.5. The number of carbonyl (C=O) groups is 2. The molecule has 0 N–H and O–H groups in total. The molecule has 5 heteroatoms. The zero-order valence-corrected chi connectivity index (χ0v) is 37.3. The molecular formula is C49H95NO4. The van der Waals surface area contributed by atoms with Gasteiger partial charge >= 0.3 is 11.9 Å². The third-order valence-corrected chi connectivity index (χ3v) is 12.3. The molecule has 1 aliphatic heterocycles. The number of likely N-dealkylation sites (tertiary alicyclic amines) is 1. The van der Waals surface area contributed by atoms with Gasteiger partial charge in [-0.05, 0) is 95.4 Å². The van der Waals surface area contributed by atoms with Gasteiger partial charge in [0.1, 0.15) is 0 Å². The lowest BCUT2D eigenvalue weighted by atomic mass is 9.83. The first kappa shape index (κ1) is 50.9. The first-order valence-electron chi connectivity index (χ1n) is 24.5. The average molecular weight is 762 g/mol. The number of hydrogen-bond donors (Lipinski definition) is 0. The van der Waals surface area contributed by atoms with Crippen molar-refractivity contribution < 1.29 is 19.1 Å². The summed E-state index contributed by atoms with van der Waals surface area (Å²) in [6.45, 7) is 16.2. The molecule has 0 aromatic rings. The third kappa shape index (κ3) is 28.3. The van der Waals surface area contributed by atoms with Crippen LogP contribution in [0.2, 0.25) is 0 Å². The van der Waals surface area contributed by atoms with Crippen molar-refractivity contribution >= 4 is 11.9 Å². The summed E-state index contributed by atoms with van der Waals surface area (Å²) in [5, 5.41) is 0. The van der Waals surface area contributed by atoms with Crippen LogP contribution < -0.4 is 0 Å². The van der Waals surface area contributed by atoms with Crippen molar-refractivity contribution in [3.05, 3.63) is 0 Å². The Morgan fingerprint density at radius 1 is 0.444 bits per heavy atom. The maximum Gasteiger partial charge on any atom is 0.308 e. The Morgan fingerprint density at radius 2 is 0.778 bits per heavy atom. The Bertz CT molecular complexity index is 770. The van der Waals surface area contributed by atoms with Gasteiger partial charge in [0.25, 0.3) is 0 Å². The minimum absolute atomic E-state index is 0.0782. The molecule has 0 aliphatic carbocycles. The van der Waals surface area contributed by atoms with Gasteiger partial charge in [-0.3, -0.25) is 9.59 Å². The standard InChI is InChI=1S/C49H95NO4/c1-6-11-16-20-22-26-36-46(34-24-18-13-8-3)48(51)53-39-30-28-32-44-41-45(43-50(42-44)38-15-10-5)33-29-31-40-54-49(52)47(35-25-19-14-9-4)37-27-23-21-17-12-7-2/h44-47H,6-43H2,1-5H3. The van der Waals surface area contributed by atoms with E-state index in [-0.39, 0.29) is 23.8 Å². The molecule has 1 aliphatic rings. The molecule has 0 spiro atoms. The van der Waals surface area contributed by atoms with Crippen molar-refractivity contribution in [1.29, 1.82) is 0 Å². The highest BCUT2D eigenvalue weighted by molar-refractivity contribution is 5.72. The smallest absolute Gasteiger partial charge is 0.308 e. The minimum Gasteiger partial charge on any atom is -0.465 e. The highest BCUT2D eigenvalue weighted by atomic mass is 16.5. The fraction of sp³-hybridized carbons (Fsp3) is 0.959. The minimum atomic E-state index is 0.0782. The molecule has 0 radical (unpaired) electrons. The topological polar surface area (TPSA) is 55.8 Å². The van der Waals surface area contributed by atoms with E-state index in [2.05, 4.69) is 39.5 Å². The summed E-state index contributed by atoms with van der Waals surface area (Å²) in [5.41, 5.74) is 0. The highest BCUT2D eigenvalue weighted by Gasteiger charge is 2.27. The predicted octanol–water partition coefficient (Wildman–Crippen LogP) is 14.8. The number of rotatable bonds is 39. The molecule has 4 atom stereocenters. The number of carbonyl (C=O) groups excluding carboxylic acids is 2. The summed E-state index contributed by atoms with van der Waals surface area (Å²) in [4.78, 5) is 29.0. The zero-order valence-electron chi connectivity index (χ0n) is 37.3. The number of piperidine rings is 1. The van der Waals surface area contributed by atoms with E-state index >= 15 is 0 Å². The molecule has 4 unspecified atom stereocenters. The lowest BCUT2D eigenvalue weighted by Crippen LogP contribution is -2.41. The fourth-order valence-electron chi connectivity index (χ4n) is 8.80. The van der Waals surface area contributed by atoms with Crippen LogP contribution in [0.4, 0.5) is 0 Å². The van der Waals surface area contributed by atoms with Crippen LogP contribution in [0.1, 0.15) is 247 Å². The molecule has 0 bridgehead atoms. The molecule has 1 rings (SSSR count). The quantitative estimate of drug-likeness (QED) is 0.0461. The maximum absolute atomic E-state index is 13.1. The van der Waals surface area contributed by atoms with Crippen LogP contribution in [-0.2, 0) is 19.1 Å². The normalized spacial score (nSPS) is 17.4. The van der Waals surface area contributed by atoms with Crippen LogP contribution in [-0.4, -0.2) is 49.7 Å². The lowest BCUT2D eigenvalue weighted by molar-refractivity contribution is -0.150. The number of unbranched alkanes of at least 4 members (excludes halogenated alkanes) is 19. The van der Waals surface area contributed by atoms with Gasteiger partial charge in [-0.2, -0.15) is 0 Å². The number of nitrogens with zero attached hydrogens (tertiary/aromatic N) is 1. The van der Waals surface area contributed by atoms with Crippen molar-refractivity contribution in [2.24, 2.45) is 23.7 Å². The second-order valence-corrected chi connectivity index (χ2v) is 17.6. The Kier molecular flexibility index (Phi) is 35.3. The van der Waals surface area contributed by atoms with Gasteiger partial charge in [-0.1, -0.05) is 169 Å². The van der Waals surface area contributed by atoms with Crippen LogP contribution in [0, 0.1) is 23.7 Å². The molecule has 0 aromatic heterocycles. The largest absolute Gasteiger partial charge is 0.465 e. The van der Waals surface area contributed by atoms with Crippen LogP contribution in [0.25, 0.3) is 0 Å². The molecule has 54 heavy (non-hydrogen) atoms. The van der Waals surface area contributed by atoms with Crippen molar-refractivity contribution in [2.75, 3.05) is 32.8 Å². The first-order valence-corrected chi connectivity index (χ1v) is 24.5. The van der Waals surface area contributed by atoms with E-state index in [0.717, 1.165) is 76.0 Å². The summed E-state index contributed by atoms with van der Waals surface area (Å²) in [7, 11) is 0. The third-order valence-electron chi connectivity index (χ3n) is 12.3. The molecule has 0 amide bonds. The number of ether oxygens (including phenoxy) is 2. The Morgan fingerprint density at radius 3 is 1.15 bits per heavy atom. The SMILES string of the molecule is CCCCCCCCC(CCCCCC)C(=O)OCCCCC1CC(CCCCOC(=O)C(CCCCCC)CCCCCCCC)CN(CCCC)C1. The molecule has 1 heterocycles. The summed E-state index contributed by atoms with van der Waals surface area (Å²) >= 11 is 0. The molecule has 5 nitrogen and oxygen atoms in total. The predicted molar refractivity (Wildman–Crippen MR) is 233 cm³/mol. The van der Waals surface area contributed by atoms with Crippen LogP contribution in [0.15, 0.2) is 0 Å². The van der Waals surface area contributed by atoms with Gasteiger partial charge in [0.05, 0.1) is 25.0 Å². The Hall–Kier alpha value is -1.10. The van der Waals surface area contributed by atoms with Crippen molar-refractivity contribution in [1.82, 2.24) is 4.90 Å².